The smallest absolute Gasteiger partial charge is 0.133 e. The highest BCUT2D eigenvalue weighted by Gasteiger charge is 2.24. The number of hydrogen-bond donors (Lipinski definition) is 3. The SMILES string of the molecule is COc1ccc(-c2ccc3[nH]c(CN4CCCC4CO)cc3c2)cc1SNC(C)(C)C. The molecule has 2 aromatic carbocycles. The summed E-state index contributed by atoms with van der Waals surface area (Å²) in [7, 11) is 1.71. The zero-order valence-electron chi connectivity index (χ0n) is 18.9. The maximum atomic E-state index is 9.59. The van der Waals surface area contributed by atoms with Gasteiger partial charge in [0.2, 0.25) is 0 Å². The number of ether oxygens (including phenoxy) is 1. The third-order valence-corrected chi connectivity index (χ3v) is 6.98. The molecule has 31 heavy (non-hydrogen) atoms. The van der Waals surface area contributed by atoms with E-state index in [0.717, 1.165) is 42.1 Å². The van der Waals surface area contributed by atoms with E-state index in [-0.39, 0.29) is 12.1 Å². The number of hydrogen-bond acceptors (Lipinski definition) is 5. The summed E-state index contributed by atoms with van der Waals surface area (Å²) < 4.78 is 9.04. The van der Waals surface area contributed by atoms with Gasteiger partial charge < -0.3 is 14.8 Å². The van der Waals surface area contributed by atoms with Gasteiger partial charge in [-0.05, 0) is 93.6 Å². The van der Waals surface area contributed by atoms with Crippen LogP contribution in [-0.2, 0) is 6.54 Å². The number of aromatic nitrogens is 1. The van der Waals surface area contributed by atoms with E-state index in [1.165, 1.54) is 22.2 Å². The molecule has 1 aliphatic heterocycles. The van der Waals surface area contributed by atoms with E-state index in [1.807, 2.05) is 6.07 Å². The Morgan fingerprint density at radius 2 is 1.94 bits per heavy atom. The van der Waals surface area contributed by atoms with Gasteiger partial charge >= 0.3 is 0 Å². The highest BCUT2D eigenvalue weighted by Crippen LogP contribution is 2.34. The minimum atomic E-state index is 0.0104. The largest absolute Gasteiger partial charge is 0.496 e. The number of aliphatic hydroxyl groups excluding tert-OH is 1. The Morgan fingerprint density at radius 1 is 1.16 bits per heavy atom. The van der Waals surface area contributed by atoms with Crippen molar-refractivity contribution in [3.63, 3.8) is 0 Å². The number of fused-ring (bicyclic) bond motifs is 1. The Labute approximate surface area is 189 Å². The van der Waals surface area contributed by atoms with Gasteiger partial charge in [0.1, 0.15) is 5.75 Å². The second-order valence-electron chi connectivity index (χ2n) is 9.37. The van der Waals surface area contributed by atoms with E-state index in [4.69, 9.17) is 4.74 Å². The fraction of sp³-hybridized carbons (Fsp3) is 0.440. The Balaban J connectivity index is 1.58. The van der Waals surface area contributed by atoms with Crippen molar-refractivity contribution in [2.45, 2.75) is 56.6 Å². The molecular weight excluding hydrogens is 406 g/mol. The zero-order valence-corrected chi connectivity index (χ0v) is 19.7. The molecule has 1 aliphatic rings. The number of nitrogens with zero attached hydrogens (tertiary/aromatic N) is 1. The number of aliphatic hydroxyl groups is 1. The molecule has 6 heteroatoms. The first-order chi connectivity index (χ1) is 14.9. The van der Waals surface area contributed by atoms with E-state index < -0.39 is 0 Å². The lowest BCUT2D eigenvalue weighted by atomic mass is 10.0. The summed E-state index contributed by atoms with van der Waals surface area (Å²) in [5, 5.41) is 10.8. The predicted molar refractivity (Wildman–Crippen MR) is 130 cm³/mol. The summed E-state index contributed by atoms with van der Waals surface area (Å²) in [5.74, 6) is 0.875. The van der Waals surface area contributed by atoms with E-state index in [1.54, 1.807) is 19.1 Å². The van der Waals surface area contributed by atoms with Crippen molar-refractivity contribution in [2.24, 2.45) is 0 Å². The maximum Gasteiger partial charge on any atom is 0.133 e. The zero-order chi connectivity index (χ0) is 22.0. The van der Waals surface area contributed by atoms with Crippen molar-refractivity contribution in [3.05, 3.63) is 48.2 Å². The van der Waals surface area contributed by atoms with Crippen LogP contribution in [0.3, 0.4) is 0 Å². The van der Waals surface area contributed by atoms with Gasteiger partial charge in [-0.2, -0.15) is 0 Å². The van der Waals surface area contributed by atoms with Crippen LogP contribution in [-0.4, -0.2) is 46.8 Å². The lowest BCUT2D eigenvalue weighted by molar-refractivity contribution is 0.152. The van der Waals surface area contributed by atoms with Gasteiger partial charge in [0.05, 0.1) is 18.6 Å². The summed E-state index contributed by atoms with van der Waals surface area (Å²) >= 11 is 1.61. The van der Waals surface area contributed by atoms with Crippen molar-refractivity contribution in [1.82, 2.24) is 14.6 Å². The van der Waals surface area contributed by atoms with E-state index in [0.29, 0.717) is 6.04 Å². The molecule has 1 aromatic heterocycles. The molecule has 3 N–H and O–H groups in total. The topological polar surface area (TPSA) is 60.5 Å². The first-order valence-electron chi connectivity index (χ1n) is 11.0. The lowest BCUT2D eigenvalue weighted by Crippen LogP contribution is -2.31. The third kappa shape index (κ3) is 5.26. The molecule has 1 unspecified atom stereocenters. The predicted octanol–water partition coefficient (Wildman–Crippen LogP) is 5.20. The summed E-state index contributed by atoms with van der Waals surface area (Å²) in [5.41, 5.74) is 4.72. The summed E-state index contributed by atoms with van der Waals surface area (Å²) in [4.78, 5) is 7.01. The number of aromatic amines is 1. The summed E-state index contributed by atoms with van der Waals surface area (Å²) in [6.07, 6.45) is 2.25. The molecule has 0 radical (unpaired) electrons. The van der Waals surface area contributed by atoms with Crippen LogP contribution in [0.25, 0.3) is 22.0 Å². The first-order valence-corrected chi connectivity index (χ1v) is 11.8. The van der Waals surface area contributed by atoms with Crippen LogP contribution in [0.15, 0.2) is 47.4 Å². The van der Waals surface area contributed by atoms with Crippen LogP contribution in [0.1, 0.15) is 39.3 Å². The van der Waals surface area contributed by atoms with Crippen LogP contribution >= 0.6 is 11.9 Å². The van der Waals surface area contributed by atoms with Crippen LogP contribution < -0.4 is 9.46 Å². The summed E-state index contributed by atoms with van der Waals surface area (Å²) in [6, 6.07) is 15.4. The monoisotopic (exact) mass is 439 g/mol. The molecule has 3 aromatic rings. The Bertz CT molecular complexity index is 1040. The lowest BCUT2D eigenvalue weighted by Gasteiger charge is -2.21. The number of nitrogens with one attached hydrogen (secondary N) is 2. The first kappa shape index (κ1) is 22.2. The fourth-order valence-corrected chi connectivity index (χ4v) is 4.98. The average molecular weight is 440 g/mol. The molecular formula is C25H33N3O2S. The molecule has 166 valence electrons. The number of H-pyrrole nitrogens is 1. The van der Waals surface area contributed by atoms with Crippen molar-refractivity contribution < 1.29 is 9.84 Å². The second kappa shape index (κ2) is 9.25. The average Bonchev–Trinajstić information content (AvgIpc) is 3.36. The van der Waals surface area contributed by atoms with Crippen LogP contribution in [0.4, 0.5) is 0 Å². The number of rotatable bonds is 7. The number of methoxy groups -OCH3 is 1. The number of benzene rings is 2. The molecule has 0 saturated carbocycles. The van der Waals surface area contributed by atoms with E-state index in [2.05, 4.69) is 71.8 Å². The quantitative estimate of drug-likeness (QED) is 0.442. The summed E-state index contributed by atoms with van der Waals surface area (Å²) in [6.45, 7) is 8.61. The van der Waals surface area contributed by atoms with Gasteiger partial charge in [0, 0.05) is 34.7 Å². The van der Waals surface area contributed by atoms with Crippen molar-refractivity contribution >= 4 is 22.9 Å². The maximum absolute atomic E-state index is 9.59. The van der Waals surface area contributed by atoms with Crippen LogP contribution in [0.2, 0.25) is 0 Å². The van der Waals surface area contributed by atoms with Gasteiger partial charge in [-0.15, -0.1) is 0 Å². The molecule has 0 spiro atoms. The van der Waals surface area contributed by atoms with Gasteiger partial charge in [-0.1, -0.05) is 12.1 Å². The van der Waals surface area contributed by atoms with Crippen molar-refractivity contribution in [2.75, 3.05) is 20.3 Å². The highest BCUT2D eigenvalue weighted by molar-refractivity contribution is 7.97. The van der Waals surface area contributed by atoms with Crippen LogP contribution in [0, 0.1) is 0 Å². The molecule has 1 saturated heterocycles. The van der Waals surface area contributed by atoms with Crippen molar-refractivity contribution in [3.8, 4) is 16.9 Å². The molecule has 0 aliphatic carbocycles. The Morgan fingerprint density at radius 3 is 2.68 bits per heavy atom. The van der Waals surface area contributed by atoms with E-state index >= 15 is 0 Å². The van der Waals surface area contributed by atoms with Gasteiger partial charge in [-0.3, -0.25) is 9.62 Å². The minimum absolute atomic E-state index is 0.0104. The standard InChI is InChI=1S/C25H33N3O2S/c1-25(2,3)27-31-24-14-18(8-10-23(24)30-4)17-7-9-22-19(12-17)13-20(26-22)15-28-11-5-6-21(28)16-29/h7-10,12-14,21,26-27,29H,5-6,11,15-16H2,1-4H3. The normalized spacial score (nSPS) is 17.5. The molecule has 0 amide bonds. The van der Waals surface area contributed by atoms with Gasteiger partial charge in [0.25, 0.3) is 0 Å². The van der Waals surface area contributed by atoms with Gasteiger partial charge in [-0.25, -0.2) is 0 Å². The molecule has 1 fully saturated rings. The Hall–Kier alpha value is -1.99. The molecule has 4 rings (SSSR count). The highest BCUT2D eigenvalue weighted by atomic mass is 32.2. The minimum Gasteiger partial charge on any atom is -0.496 e. The molecule has 0 bridgehead atoms. The molecule has 5 nitrogen and oxygen atoms in total. The fourth-order valence-electron chi connectivity index (χ4n) is 4.13. The number of likely N-dealkylation sites (tertiary alicyclic amines) is 1. The molecule has 2 heterocycles. The van der Waals surface area contributed by atoms with E-state index in [9.17, 15) is 5.11 Å². The molecule has 1 atom stereocenters. The second-order valence-corrected chi connectivity index (χ2v) is 10.2. The Kier molecular flexibility index (Phi) is 6.63. The van der Waals surface area contributed by atoms with Crippen LogP contribution in [0.5, 0.6) is 5.75 Å². The third-order valence-electron chi connectivity index (χ3n) is 5.72. The van der Waals surface area contributed by atoms with Crippen molar-refractivity contribution in [1.29, 1.82) is 0 Å². The van der Waals surface area contributed by atoms with Gasteiger partial charge in [0.15, 0.2) is 0 Å².